The highest BCUT2D eigenvalue weighted by atomic mass is 127. The highest BCUT2D eigenvalue weighted by Crippen LogP contribution is 2.23. The van der Waals surface area contributed by atoms with E-state index in [9.17, 15) is 4.79 Å². The molecule has 29 heavy (non-hydrogen) atoms. The van der Waals surface area contributed by atoms with Crippen LogP contribution in [-0.4, -0.2) is 50.3 Å². The number of guanidine groups is 1. The zero-order valence-electron chi connectivity index (χ0n) is 17.3. The third-order valence-corrected chi connectivity index (χ3v) is 4.78. The summed E-state index contributed by atoms with van der Waals surface area (Å²) in [6.45, 7) is 6.87. The van der Waals surface area contributed by atoms with Gasteiger partial charge >= 0.3 is 0 Å². The van der Waals surface area contributed by atoms with Gasteiger partial charge in [-0.1, -0.05) is 12.1 Å². The standard InChI is InChI=1S/C21H32N4O3.HI/c1-3-22-21(24-13-20(26)25-17-8-9-17)23-12-16-7-6-15(2)11-19(16)28-14-18-5-4-10-27-18;/h6-7,11,17-18H,3-5,8-10,12-14H2,1-2H3,(H,25,26)(H2,22,23,24);1H. The largest absolute Gasteiger partial charge is 0.491 e. The van der Waals surface area contributed by atoms with Crippen LogP contribution in [0.15, 0.2) is 23.2 Å². The number of amides is 1. The fraction of sp³-hybridized carbons (Fsp3) is 0.619. The van der Waals surface area contributed by atoms with Gasteiger partial charge in [0.2, 0.25) is 5.91 Å². The number of ether oxygens (including phenoxy) is 2. The fourth-order valence-electron chi connectivity index (χ4n) is 3.06. The molecule has 3 rings (SSSR count). The first-order valence-electron chi connectivity index (χ1n) is 10.3. The van der Waals surface area contributed by atoms with Gasteiger partial charge in [-0.3, -0.25) is 4.79 Å². The molecule has 1 heterocycles. The Bertz CT molecular complexity index is 689. The van der Waals surface area contributed by atoms with Gasteiger partial charge < -0.3 is 25.4 Å². The van der Waals surface area contributed by atoms with Gasteiger partial charge in [0, 0.05) is 24.8 Å². The summed E-state index contributed by atoms with van der Waals surface area (Å²) in [4.78, 5) is 16.5. The molecule has 1 aliphatic heterocycles. The lowest BCUT2D eigenvalue weighted by Crippen LogP contribution is -2.43. The number of nitrogens with zero attached hydrogens (tertiary/aromatic N) is 1. The van der Waals surface area contributed by atoms with Crippen molar-refractivity contribution in [2.24, 2.45) is 4.99 Å². The van der Waals surface area contributed by atoms with Crippen molar-refractivity contribution in [1.82, 2.24) is 16.0 Å². The van der Waals surface area contributed by atoms with Gasteiger partial charge in [0.15, 0.2) is 5.96 Å². The molecule has 8 heteroatoms. The number of carbonyl (C=O) groups is 1. The van der Waals surface area contributed by atoms with Crippen LogP contribution in [0, 0.1) is 6.92 Å². The van der Waals surface area contributed by atoms with Crippen molar-refractivity contribution >= 4 is 35.8 Å². The van der Waals surface area contributed by atoms with Crippen LogP contribution in [0.25, 0.3) is 0 Å². The average molecular weight is 516 g/mol. The molecule has 2 aliphatic rings. The van der Waals surface area contributed by atoms with Crippen molar-refractivity contribution < 1.29 is 14.3 Å². The van der Waals surface area contributed by atoms with Crippen LogP contribution < -0.4 is 20.7 Å². The van der Waals surface area contributed by atoms with Gasteiger partial charge in [0.1, 0.15) is 12.4 Å². The summed E-state index contributed by atoms with van der Waals surface area (Å²) in [5.74, 6) is 1.48. The van der Waals surface area contributed by atoms with Crippen LogP contribution in [0.2, 0.25) is 0 Å². The van der Waals surface area contributed by atoms with Crippen molar-refractivity contribution in [3.8, 4) is 5.75 Å². The zero-order valence-corrected chi connectivity index (χ0v) is 19.7. The molecule has 1 unspecified atom stereocenters. The lowest BCUT2D eigenvalue weighted by atomic mass is 10.1. The molecule has 7 nitrogen and oxygen atoms in total. The molecule has 162 valence electrons. The molecule has 0 radical (unpaired) electrons. The van der Waals surface area contributed by atoms with Gasteiger partial charge in [-0.05, 0) is 51.2 Å². The van der Waals surface area contributed by atoms with E-state index < -0.39 is 0 Å². The second-order valence-corrected chi connectivity index (χ2v) is 7.45. The molecule has 1 aromatic rings. The predicted molar refractivity (Wildman–Crippen MR) is 125 cm³/mol. The number of aryl methyl sites for hydroxylation is 1. The van der Waals surface area contributed by atoms with Crippen LogP contribution in [0.4, 0.5) is 0 Å². The summed E-state index contributed by atoms with van der Waals surface area (Å²) in [5, 5.41) is 9.25. The summed E-state index contributed by atoms with van der Waals surface area (Å²) in [6.07, 6.45) is 4.51. The lowest BCUT2D eigenvalue weighted by Gasteiger charge is -2.15. The third-order valence-electron chi connectivity index (χ3n) is 4.78. The second kappa shape index (κ2) is 12.2. The monoisotopic (exact) mass is 516 g/mol. The molecule has 3 N–H and O–H groups in total. The molecule has 1 saturated heterocycles. The van der Waals surface area contributed by atoms with E-state index in [1.165, 1.54) is 0 Å². The van der Waals surface area contributed by atoms with E-state index in [-0.39, 0.29) is 42.5 Å². The van der Waals surface area contributed by atoms with Crippen molar-refractivity contribution in [2.75, 3.05) is 26.3 Å². The van der Waals surface area contributed by atoms with Crippen LogP contribution in [0.3, 0.4) is 0 Å². The molecule has 1 aliphatic carbocycles. The maximum Gasteiger partial charge on any atom is 0.239 e. The molecule has 1 atom stereocenters. The Morgan fingerprint density at radius 1 is 1.28 bits per heavy atom. The average Bonchev–Trinajstić information content (AvgIpc) is 3.33. The highest BCUT2D eigenvalue weighted by molar-refractivity contribution is 14.0. The van der Waals surface area contributed by atoms with Gasteiger partial charge in [0.25, 0.3) is 0 Å². The smallest absolute Gasteiger partial charge is 0.239 e. The molecule has 1 amide bonds. The summed E-state index contributed by atoms with van der Waals surface area (Å²) >= 11 is 0. The molecule has 1 aromatic carbocycles. The van der Waals surface area contributed by atoms with E-state index in [1.807, 2.05) is 19.1 Å². The van der Waals surface area contributed by atoms with Crippen LogP contribution in [-0.2, 0) is 16.1 Å². The fourth-order valence-corrected chi connectivity index (χ4v) is 3.06. The Hall–Kier alpha value is -1.55. The maximum absolute atomic E-state index is 11.9. The Morgan fingerprint density at radius 2 is 2.10 bits per heavy atom. The number of carbonyl (C=O) groups excluding carboxylic acids is 1. The number of rotatable bonds is 9. The minimum absolute atomic E-state index is 0. The molecule has 0 spiro atoms. The normalized spacial score (nSPS) is 18.7. The minimum atomic E-state index is 0. The highest BCUT2D eigenvalue weighted by Gasteiger charge is 2.23. The SMILES string of the molecule is CCNC(=NCc1ccc(C)cc1OCC1CCCO1)NCC(=O)NC1CC1.I. The number of benzene rings is 1. The number of nitrogens with one attached hydrogen (secondary N) is 3. The van der Waals surface area contributed by atoms with Gasteiger partial charge in [-0.25, -0.2) is 4.99 Å². The Balaban J connectivity index is 0.00000300. The molecule has 2 fully saturated rings. The molecule has 1 saturated carbocycles. The maximum atomic E-state index is 11.9. The molecule has 0 bridgehead atoms. The summed E-state index contributed by atoms with van der Waals surface area (Å²) in [5.41, 5.74) is 2.17. The van der Waals surface area contributed by atoms with Gasteiger partial charge in [-0.15, -0.1) is 24.0 Å². The first-order chi connectivity index (χ1) is 13.6. The van der Waals surface area contributed by atoms with E-state index in [4.69, 9.17) is 9.47 Å². The lowest BCUT2D eigenvalue weighted by molar-refractivity contribution is -0.120. The number of hydrogen-bond donors (Lipinski definition) is 3. The second-order valence-electron chi connectivity index (χ2n) is 7.45. The van der Waals surface area contributed by atoms with Crippen LogP contribution in [0.5, 0.6) is 5.75 Å². The summed E-state index contributed by atoms with van der Waals surface area (Å²) in [7, 11) is 0. The first kappa shape index (κ1) is 23.7. The van der Waals surface area contributed by atoms with E-state index in [0.717, 1.165) is 55.7 Å². The minimum Gasteiger partial charge on any atom is -0.491 e. The van der Waals surface area contributed by atoms with E-state index in [2.05, 4.69) is 33.9 Å². The third kappa shape index (κ3) is 8.38. The predicted octanol–water partition coefficient (Wildman–Crippen LogP) is 2.50. The summed E-state index contributed by atoms with van der Waals surface area (Å²) in [6, 6.07) is 6.52. The quantitative estimate of drug-likeness (QED) is 0.267. The van der Waals surface area contributed by atoms with Crippen LogP contribution >= 0.6 is 24.0 Å². The number of halogens is 1. The van der Waals surface area contributed by atoms with E-state index >= 15 is 0 Å². The van der Waals surface area contributed by atoms with Gasteiger partial charge in [0.05, 0.1) is 19.2 Å². The Labute approximate surface area is 190 Å². The molecular weight excluding hydrogens is 483 g/mol. The van der Waals surface area contributed by atoms with Crippen molar-refractivity contribution in [1.29, 1.82) is 0 Å². The zero-order chi connectivity index (χ0) is 19.8. The number of aliphatic imine (C=N–C) groups is 1. The van der Waals surface area contributed by atoms with Crippen molar-refractivity contribution in [3.63, 3.8) is 0 Å². The van der Waals surface area contributed by atoms with E-state index in [0.29, 0.717) is 25.2 Å². The Morgan fingerprint density at radius 3 is 2.79 bits per heavy atom. The molecular formula is C21H33IN4O3. The van der Waals surface area contributed by atoms with Crippen molar-refractivity contribution in [2.45, 2.75) is 58.2 Å². The molecule has 0 aromatic heterocycles. The first-order valence-corrected chi connectivity index (χ1v) is 10.3. The van der Waals surface area contributed by atoms with Crippen molar-refractivity contribution in [3.05, 3.63) is 29.3 Å². The van der Waals surface area contributed by atoms with Crippen LogP contribution in [0.1, 0.15) is 43.7 Å². The Kier molecular flexibility index (Phi) is 9.99. The topological polar surface area (TPSA) is 84.0 Å². The number of hydrogen-bond acceptors (Lipinski definition) is 4. The van der Waals surface area contributed by atoms with Gasteiger partial charge in [-0.2, -0.15) is 0 Å². The summed E-state index contributed by atoms with van der Waals surface area (Å²) < 4.78 is 11.7. The van der Waals surface area contributed by atoms with E-state index in [1.54, 1.807) is 0 Å².